The van der Waals surface area contributed by atoms with Gasteiger partial charge in [0, 0.05) is 6.42 Å². The maximum atomic E-state index is 10.7. The van der Waals surface area contributed by atoms with Gasteiger partial charge in [0.2, 0.25) is 5.09 Å². The summed E-state index contributed by atoms with van der Waals surface area (Å²) in [6.45, 7) is 2.23. The molecule has 0 saturated heterocycles. The molecule has 0 spiro atoms. The maximum absolute atomic E-state index is 10.7. The fourth-order valence-corrected chi connectivity index (χ4v) is 2.86. The molecule has 122 valence electrons. The molecular weight excluding hydrogens is 311 g/mol. The van der Waals surface area contributed by atoms with Crippen molar-refractivity contribution in [1.82, 2.24) is 0 Å². The first kappa shape index (κ1) is 22.2. The summed E-state index contributed by atoms with van der Waals surface area (Å²) < 4.78 is 37.2. The first-order chi connectivity index (χ1) is 10.0. The van der Waals surface area contributed by atoms with E-state index in [9.17, 15) is 13.0 Å². The van der Waals surface area contributed by atoms with Crippen LogP contribution in [-0.4, -0.2) is 13.0 Å². The van der Waals surface area contributed by atoms with Crippen molar-refractivity contribution in [3.63, 3.8) is 0 Å². The minimum absolute atomic E-state index is 0. The fourth-order valence-electron chi connectivity index (χ4n) is 2.41. The zero-order chi connectivity index (χ0) is 15.6. The summed E-state index contributed by atoms with van der Waals surface area (Å²) in [4.78, 5) is 0. The van der Waals surface area contributed by atoms with Gasteiger partial charge in [0.15, 0.2) is 10.1 Å². The van der Waals surface area contributed by atoms with Crippen LogP contribution in [0.4, 0.5) is 0 Å². The molecule has 0 radical (unpaired) electrons. The Labute approximate surface area is 157 Å². The maximum Gasteiger partial charge on any atom is 1.00 e. The van der Waals surface area contributed by atoms with Crippen LogP contribution in [0.5, 0.6) is 0 Å². The second-order valence-corrected chi connectivity index (χ2v) is 6.92. The molecule has 0 atom stereocenters. The zero-order valence-corrected chi connectivity index (χ0v) is 16.8. The van der Waals surface area contributed by atoms with Crippen LogP contribution >= 0.6 is 0 Å². The summed E-state index contributed by atoms with van der Waals surface area (Å²) >= 11 is 0. The van der Waals surface area contributed by atoms with E-state index in [-0.39, 0.29) is 29.6 Å². The normalized spacial score (nSPS) is 11.4. The van der Waals surface area contributed by atoms with Crippen molar-refractivity contribution in [2.24, 2.45) is 0 Å². The molecule has 0 N–H and O–H groups in total. The minimum Gasteiger partial charge on any atom is -0.742 e. The average molecular weight is 338 g/mol. The predicted octanol–water partition coefficient (Wildman–Crippen LogP) is 1.65. The van der Waals surface area contributed by atoms with E-state index in [1.165, 1.54) is 57.4 Å². The van der Waals surface area contributed by atoms with E-state index < -0.39 is 15.2 Å². The van der Waals surface area contributed by atoms with Crippen LogP contribution in [-0.2, 0) is 16.5 Å². The Balaban J connectivity index is 0.00000441. The second kappa shape index (κ2) is 12.6. The van der Waals surface area contributed by atoms with Crippen LogP contribution in [0.25, 0.3) is 0 Å². The van der Waals surface area contributed by atoms with Crippen LogP contribution in [0.3, 0.4) is 0 Å². The number of rotatable bonds is 12. The summed E-state index contributed by atoms with van der Waals surface area (Å²) in [7, 11) is -4.45. The zero-order valence-electron chi connectivity index (χ0n) is 14.0. The van der Waals surface area contributed by atoms with Crippen molar-refractivity contribution in [2.45, 2.75) is 82.6 Å². The van der Waals surface area contributed by atoms with E-state index in [2.05, 4.69) is 6.92 Å². The first-order valence-corrected chi connectivity index (χ1v) is 9.49. The molecule has 0 fully saturated rings. The van der Waals surface area contributed by atoms with Gasteiger partial charge in [-0.1, -0.05) is 64.7 Å². The molecule has 0 amide bonds. The topological polar surface area (TPSA) is 70.3 Å². The van der Waals surface area contributed by atoms with Crippen molar-refractivity contribution < 1.29 is 46.9 Å². The van der Waals surface area contributed by atoms with Crippen molar-refractivity contribution in [3.8, 4) is 0 Å². The van der Waals surface area contributed by atoms with Gasteiger partial charge in [-0.3, -0.25) is 0 Å². The van der Waals surface area contributed by atoms with Crippen LogP contribution in [0, 0.1) is 0 Å². The molecule has 6 heteroatoms. The molecule has 0 aromatic carbocycles. The van der Waals surface area contributed by atoms with Gasteiger partial charge >= 0.3 is 29.6 Å². The summed E-state index contributed by atoms with van der Waals surface area (Å²) in [6, 6.07) is 2.83. The summed E-state index contributed by atoms with van der Waals surface area (Å²) in [5.74, 6) is 0.587. The van der Waals surface area contributed by atoms with Crippen LogP contribution in [0.2, 0.25) is 0 Å². The third-order valence-electron chi connectivity index (χ3n) is 3.66. The Hall–Kier alpha value is 0.190. The third kappa shape index (κ3) is 10.1. The number of hydrogen-bond acceptors (Lipinski definition) is 4. The Morgan fingerprint density at radius 2 is 1.41 bits per heavy atom. The molecule has 22 heavy (non-hydrogen) atoms. The summed E-state index contributed by atoms with van der Waals surface area (Å²) in [6.07, 6.45) is 13.3. The predicted molar refractivity (Wildman–Crippen MR) is 82.2 cm³/mol. The number of furan rings is 1. The quantitative estimate of drug-likeness (QED) is 0.330. The van der Waals surface area contributed by atoms with Crippen LogP contribution in [0.15, 0.2) is 21.6 Å². The molecule has 0 aliphatic heterocycles. The second-order valence-electron chi connectivity index (χ2n) is 5.61. The molecule has 1 heterocycles. The van der Waals surface area contributed by atoms with Crippen LogP contribution in [0.1, 0.15) is 76.9 Å². The monoisotopic (exact) mass is 338 g/mol. The Bertz CT molecular complexity index is 482. The van der Waals surface area contributed by atoms with Gasteiger partial charge in [-0.2, -0.15) is 0 Å². The molecule has 4 nitrogen and oxygen atoms in total. The minimum atomic E-state index is -4.45. The molecule has 0 aliphatic carbocycles. The van der Waals surface area contributed by atoms with Gasteiger partial charge in [0.1, 0.15) is 5.76 Å². The van der Waals surface area contributed by atoms with E-state index in [1.807, 2.05) is 0 Å². The Morgan fingerprint density at radius 1 is 0.909 bits per heavy atom. The van der Waals surface area contributed by atoms with Crippen molar-refractivity contribution in [2.75, 3.05) is 0 Å². The largest absolute Gasteiger partial charge is 1.00 e. The molecule has 0 unspecified atom stereocenters. The van der Waals surface area contributed by atoms with E-state index in [0.717, 1.165) is 12.8 Å². The van der Waals surface area contributed by atoms with Crippen LogP contribution < -0.4 is 29.6 Å². The summed E-state index contributed by atoms with van der Waals surface area (Å²) in [5.41, 5.74) is 0. The average Bonchev–Trinajstić information content (AvgIpc) is 2.90. The number of aryl methyl sites for hydroxylation is 1. The summed E-state index contributed by atoms with van der Waals surface area (Å²) in [5, 5.41) is -0.468. The smallest absolute Gasteiger partial charge is 0.742 e. The van der Waals surface area contributed by atoms with Gasteiger partial charge in [0.05, 0.1) is 0 Å². The molecule has 0 bridgehead atoms. The van der Waals surface area contributed by atoms with E-state index in [1.54, 1.807) is 6.07 Å². The molecule has 0 aliphatic rings. The van der Waals surface area contributed by atoms with Crippen molar-refractivity contribution in [1.29, 1.82) is 0 Å². The SMILES string of the molecule is CCCCCCCCCCCCc1ccc(S(=O)(=O)[O-])o1.[Na+]. The molecule has 1 aromatic heterocycles. The van der Waals surface area contributed by atoms with Gasteiger partial charge in [-0.05, 0) is 18.6 Å². The molecule has 0 saturated carbocycles. The number of hydrogen-bond donors (Lipinski definition) is 0. The van der Waals surface area contributed by atoms with Crippen molar-refractivity contribution >= 4 is 10.1 Å². The Kier molecular flexibility index (Phi) is 12.7. The van der Waals surface area contributed by atoms with E-state index in [0.29, 0.717) is 12.2 Å². The Morgan fingerprint density at radius 3 is 1.86 bits per heavy atom. The van der Waals surface area contributed by atoms with Crippen molar-refractivity contribution in [3.05, 3.63) is 17.9 Å². The van der Waals surface area contributed by atoms with E-state index in [4.69, 9.17) is 4.42 Å². The molecular formula is C16H27NaO4S. The standard InChI is InChI=1S/C16H28O4S.Na/c1-2-3-4-5-6-7-8-9-10-11-12-15-13-14-16(20-15)21(17,18)19;/h13-14H,2-12H2,1H3,(H,17,18,19);/q;+1/p-1. The molecule has 1 rings (SSSR count). The third-order valence-corrected chi connectivity index (χ3v) is 4.37. The fraction of sp³-hybridized carbons (Fsp3) is 0.750. The number of unbranched alkanes of at least 4 members (excludes halogenated alkanes) is 9. The van der Waals surface area contributed by atoms with Gasteiger partial charge in [-0.25, -0.2) is 8.42 Å². The molecule has 1 aromatic rings. The van der Waals surface area contributed by atoms with Gasteiger partial charge in [-0.15, -0.1) is 0 Å². The first-order valence-electron chi connectivity index (χ1n) is 8.08. The van der Waals surface area contributed by atoms with E-state index >= 15 is 0 Å². The van der Waals surface area contributed by atoms with Gasteiger partial charge in [0.25, 0.3) is 0 Å². The van der Waals surface area contributed by atoms with Gasteiger partial charge < -0.3 is 8.97 Å².